The van der Waals surface area contributed by atoms with Gasteiger partial charge in [0.1, 0.15) is 24.2 Å². The van der Waals surface area contributed by atoms with E-state index in [1.807, 2.05) is 12.1 Å². The van der Waals surface area contributed by atoms with Crippen molar-refractivity contribution in [2.75, 3.05) is 39.3 Å². The molecule has 1 heterocycles. The second kappa shape index (κ2) is 11.4. The fourth-order valence-electron chi connectivity index (χ4n) is 3.33. The summed E-state index contributed by atoms with van der Waals surface area (Å²) < 4.78 is 11.5. The molecule has 0 spiro atoms. The number of amides is 1. The molecule has 0 aliphatic carbocycles. The molecule has 1 aliphatic rings. The van der Waals surface area contributed by atoms with Crippen molar-refractivity contribution in [2.24, 2.45) is 5.73 Å². The Morgan fingerprint density at radius 3 is 2.63 bits per heavy atom. The maximum absolute atomic E-state index is 12.4. The molecule has 30 heavy (non-hydrogen) atoms. The van der Waals surface area contributed by atoms with Crippen molar-refractivity contribution in [1.29, 1.82) is 0 Å². The molecule has 0 aromatic heterocycles. The van der Waals surface area contributed by atoms with E-state index in [-0.39, 0.29) is 12.0 Å². The van der Waals surface area contributed by atoms with Crippen molar-refractivity contribution in [3.8, 4) is 11.5 Å². The Balaban J connectivity index is 1.37. The van der Waals surface area contributed by atoms with Gasteiger partial charge in [-0.15, -0.1) is 0 Å². The first-order valence-electron chi connectivity index (χ1n) is 10.1. The van der Waals surface area contributed by atoms with Gasteiger partial charge in [0.05, 0.1) is 10.0 Å². The lowest BCUT2D eigenvalue weighted by molar-refractivity contribution is 0.0905. The van der Waals surface area contributed by atoms with Gasteiger partial charge in [-0.25, -0.2) is 0 Å². The lowest BCUT2D eigenvalue weighted by atomic mass is 10.1. The maximum atomic E-state index is 12.4. The number of nitrogens with one attached hydrogen (secondary N) is 1. The SMILES string of the molecule is NCCOc1cccc(C(=O)NCCN2CCC(Oc3ccc(Cl)c(Cl)c3)CC2)c1. The number of rotatable bonds is 9. The molecule has 2 aromatic carbocycles. The molecule has 1 amide bonds. The van der Waals surface area contributed by atoms with E-state index >= 15 is 0 Å². The minimum Gasteiger partial charge on any atom is -0.492 e. The zero-order valence-corrected chi connectivity index (χ0v) is 18.3. The van der Waals surface area contributed by atoms with Crippen molar-refractivity contribution in [3.63, 3.8) is 0 Å². The first-order chi connectivity index (χ1) is 14.5. The third-order valence-corrected chi connectivity index (χ3v) is 5.66. The van der Waals surface area contributed by atoms with E-state index in [9.17, 15) is 4.79 Å². The molecule has 0 bridgehead atoms. The summed E-state index contributed by atoms with van der Waals surface area (Å²) >= 11 is 12.0. The normalized spacial score (nSPS) is 15.0. The Kier molecular flexibility index (Phi) is 8.63. The number of likely N-dealkylation sites (tertiary alicyclic amines) is 1. The Hall–Kier alpha value is -1.99. The zero-order valence-electron chi connectivity index (χ0n) is 16.8. The van der Waals surface area contributed by atoms with Crippen LogP contribution < -0.4 is 20.5 Å². The largest absolute Gasteiger partial charge is 0.492 e. The highest BCUT2D eigenvalue weighted by molar-refractivity contribution is 6.42. The molecule has 6 nitrogen and oxygen atoms in total. The van der Waals surface area contributed by atoms with Crippen LogP contribution in [0.1, 0.15) is 23.2 Å². The van der Waals surface area contributed by atoms with Gasteiger partial charge in [0, 0.05) is 44.4 Å². The fourth-order valence-corrected chi connectivity index (χ4v) is 3.61. The van der Waals surface area contributed by atoms with Gasteiger partial charge >= 0.3 is 0 Å². The predicted octanol–water partition coefficient (Wildman–Crippen LogP) is 3.60. The van der Waals surface area contributed by atoms with E-state index in [0.29, 0.717) is 41.1 Å². The zero-order chi connectivity index (χ0) is 21.3. The monoisotopic (exact) mass is 451 g/mol. The van der Waals surface area contributed by atoms with Crippen LogP contribution in [0.5, 0.6) is 11.5 Å². The Labute approximate surface area is 187 Å². The molecule has 0 atom stereocenters. The van der Waals surface area contributed by atoms with E-state index in [1.54, 1.807) is 30.3 Å². The third-order valence-electron chi connectivity index (χ3n) is 4.92. The Morgan fingerprint density at radius 1 is 1.10 bits per heavy atom. The van der Waals surface area contributed by atoms with Crippen molar-refractivity contribution in [2.45, 2.75) is 18.9 Å². The molecule has 1 saturated heterocycles. The summed E-state index contributed by atoms with van der Waals surface area (Å²) in [5, 5.41) is 4.00. The summed E-state index contributed by atoms with van der Waals surface area (Å²) in [4.78, 5) is 14.7. The number of halogens is 2. The molecular formula is C22H27Cl2N3O3. The molecule has 2 aromatic rings. The van der Waals surface area contributed by atoms with Crippen LogP contribution in [0.4, 0.5) is 0 Å². The van der Waals surface area contributed by atoms with E-state index < -0.39 is 0 Å². The quantitative estimate of drug-likeness (QED) is 0.608. The van der Waals surface area contributed by atoms with Gasteiger partial charge in [-0.05, 0) is 43.2 Å². The van der Waals surface area contributed by atoms with Crippen LogP contribution in [-0.4, -0.2) is 56.2 Å². The van der Waals surface area contributed by atoms with Gasteiger partial charge < -0.3 is 25.4 Å². The second-order valence-electron chi connectivity index (χ2n) is 7.16. The Morgan fingerprint density at radius 2 is 1.90 bits per heavy atom. The predicted molar refractivity (Wildman–Crippen MR) is 120 cm³/mol. The van der Waals surface area contributed by atoms with Crippen LogP contribution in [0.15, 0.2) is 42.5 Å². The topological polar surface area (TPSA) is 76.8 Å². The van der Waals surface area contributed by atoms with Crippen LogP contribution in [0.25, 0.3) is 0 Å². The van der Waals surface area contributed by atoms with Crippen LogP contribution in [0.3, 0.4) is 0 Å². The number of benzene rings is 2. The van der Waals surface area contributed by atoms with Gasteiger partial charge in [0.15, 0.2) is 0 Å². The average molecular weight is 452 g/mol. The van der Waals surface area contributed by atoms with E-state index in [1.165, 1.54) is 0 Å². The molecule has 3 N–H and O–H groups in total. The van der Waals surface area contributed by atoms with Gasteiger partial charge in [-0.3, -0.25) is 4.79 Å². The highest BCUT2D eigenvalue weighted by atomic mass is 35.5. The van der Waals surface area contributed by atoms with Gasteiger partial charge in [-0.2, -0.15) is 0 Å². The van der Waals surface area contributed by atoms with Gasteiger partial charge in [0.2, 0.25) is 0 Å². The summed E-state index contributed by atoms with van der Waals surface area (Å²) in [6.45, 7) is 4.09. The molecule has 162 valence electrons. The van der Waals surface area contributed by atoms with Crippen LogP contribution >= 0.6 is 23.2 Å². The Bertz CT molecular complexity index is 842. The smallest absolute Gasteiger partial charge is 0.251 e. The second-order valence-corrected chi connectivity index (χ2v) is 7.97. The average Bonchev–Trinajstić information content (AvgIpc) is 2.76. The lowest BCUT2D eigenvalue weighted by Gasteiger charge is -2.32. The lowest BCUT2D eigenvalue weighted by Crippen LogP contribution is -2.42. The number of piperidine rings is 1. The molecule has 0 radical (unpaired) electrons. The highest BCUT2D eigenvalue weighted by Gasteiger charge is 2.20. The summed E-state index contributed by atoms with van der Waals surface area (Å²) in [5.74, 6) is 1.29. The first kappa shape index (κ1) is 22.7. The van der Waals surface area contributed by atoms with Gasteiger partial charge in [-0.1, -0.05) is 29.3 Å². The molecule has 0 unspecified atom stereocenters. The summed E-state index contributed by atoms with van der Waals surface area (Å²) in [6.07, 6.45) is 2.01. The van der Waals surface area contributed by atoms with Crippen molar-refractivity contribution < 1.29 is 14.3 Å². The van der Waals surface area contributed by atoms with Crippen LogP contribution in [0, 0.1) is 0 Å². The standard InChI is InChI=1S/C22H27Cl2N3O3/c23-20-5-4-19(15-21(20)24)30-17-6-10-27(11-7-17)12-9-26-22(28)16-2-1-3-18(14-16)29-13-8-25/h1-5,14-15,17H,6-13,25H2,(H,26,28). The van der Waals surface area contributed by atoms with Crippen LogP contribution in [0.2, 0.25) is 10.0 Å². The number of nitrogens with zero attached hydrogens (tertiary/aromatic N) is 1. The van der Waals surface area contributed by atoms with Gasteiger partial charge in [0.25, 0.3) is 5.91 Å². The fraction of sp³-hybridized carbons (Fsp3) is 0.409. The van der Waals surface area contributed by atoms with Crippen molar-refractivity contribution >= 4 is 29.1 Å². The van der Waals surface area contributed by atoms with E-state index in [2.05, 4.69) is 10.2 Å². The first-order valence-corrected chi connectivity index (χ1v) is 10.9. The number of ether oxygens (including phenoxy) is 2. The van der Waals surface area contributed by atoms with Crippen molar-refractivity contribution in [1.82, 2.24) is 10.2 Å². The van der Waals surface area contributed by atoms with E-state index in [4.69, 9.17) is 38.4 Å². The van der Waals surface area contributed by atoms with Crippen molar-refractivity contribution in [3.05, 3.63) is 58.1 Å². The minimum atomic E-state index is -0.106. The molecular weight excluding hydrogens is 425 g/mol. The van der Waals surface area contributed by atoms with E-state index in [0.717, 1.165) is 38.2 Å². The molecule has 8 heteroatoms. The molecule has 0 saturated carbocycles. The number of carbonyl (C=O) groups excluding carboxylic acids is 1. The number of carbonyl (C=O) groups is 1. The molecule has 1 fully saturated rings. The summed E-state index contributed by atoms with van der Waals surface area (Å²) in [5.41, 5.74) is 6.02. The molecule has 3 rings (SSSR count). The molecule has 1 aliphatic heterocycles. The van der Waals surface area contributed by atoms with Crippen LogP contribution in [-0.2, 0) is 0 Å². The summed E-state index contributed by atoms with van der Waals surface area (Å²) in [6, 6.07) is 12.5. The maximum Gasteiger partial charge on any atom is 0.251 e. The third kappa shape index (κ3) is 6.77. The number of hydrogen-bond donors (Lipinski definition) is 2. The minimum absolute atomic E-state index is 0.106. The number of hydrogen-bond acceptors (Lipinski definition) is 5. The number of nitrogens with two attached hydrogens (primary N) is 1. The summed E-state index contributed by atoms with van der Waals surface area (Å²) in [7, 11) is 0. The highest BCUT2D eigenvalue weighted by Crippen LogP contribution is 2.28.